The number of carbonyl (C=O) groups is 1. The van der Waals surface area contributed by atoms with Crippen LogP contribution in [0.25, 0.3) is 0 Å². The highest BCUT2D eigenvalue weighted by Gasteiger charge is 2.25. The summed E-state index contributed by atoms with van der Waals surface area (Å²) in [6.45, 7) is 2.59. The van der Waals surface area contributed by atoms with Gasteiger partial charge in [-0.1, -0.05) is 13.0 Å². The average Bonchev–Trinajstić information content (AvgIpc) is 2.20. The summed E-state index contributed by atoms with van der Waals surface area (Å²) >= 11 is 0. The Labute approximate surface area is 90.3 Å². The summed E-state index contributed by atoms with van der Waals surface area (Å²) in [5, 5.41) is 12.3. The number of esters is 1. The Morgan fingerprint density at radius 2 is 2.27 bits per heavy atom. The first-order chi connectivity index (χ1) is 7.17. The summed E-state index contributed by atoms with van der Waals surface area (Å²) in [4.78, 5) is 11.2. The van der Waals surface area contributed by atoms with Crippen LogP contribution >= 0.6 is 0 Å². The third-order valence-corrected chi connectivity index (χ3v) is 2.70. The van der Waals surface area contributed by atoms with Gasteiger partial charge in [-0.2, -0.15) is 0 Å². The molecule has 15 heavy (non-hydrogen) atoms. The van der Waals surface area contributed by atoms with Crippen LogP contribution in [-0.4, -0.2) is 36.9 Å². The molecule has 1 rings (SSSR count). The Morgan fingerprint density at radius 1 is 1.60 bits per heavy atom. The molecule has 0 radical (unpaired) electrons. The van der Waals surface area contributed by atoms with E-state index in [1.54, 1.807) is 0 Å². The number of aliphatic hydroxyl groups excluding tert-OH is 1. The maximum absolute atomic E-state index is 11.2. The molecule has 0 aromatic carbocycles. The molecule has 0 bridgehead atoms. The maximum atomic E-state index is 11.2. The summed E-state index contributed by atoms with van der Waals surface area (Å²) in [6.07, 6.45) is 4.02. The minimum Gasteiger partial charge on any atom is -0.466 e. The van der Waals surface area contributed by atoms with Crippen molar-refractivity contribution >= 4 is 5.97 Å². The number of rotatable bonds is 5. The van der Waals surface area contributed by atoms with Crippen LogP contribution in [0.2, 0.25) is 0 Å². The lowest BCUT2D eigenvalue weighted by molar-refractivity contribution is -0.136. The first-order valence-electron chi connectivity index (χ1n) is 5.36. The van der Waals surface area contributed by atoms with Gasteiger partial charge in [-0.15, -0.1) is 0 Å². The third kappa shape index (κ3) is 3.64. The van der Waals surface area contributed by atoms with Gasteiger partial charge in [-0.25, -0.2) is 4.79 Å². The minimum absolute atomic E-state index is 0.141. The van der Waals surface area contributed by atoms with Crippen LogP contribution < -0.4 is 5.32 Å². The van der Waals surface area contributed by atoms with Gasteiger partial charge in [0.15, 0.2) is 0 Å². The van der Waals surface area contributed by atoms with Crippen molar-refractivity contribution in [2.24, 2.45) is 0 Å². The van der Waals surface area contributed by atoms with Gasteiger partial charge in [-0.3, -0.25) is 0 Å². The fourth-order valence-electron chi connectivity index (χ4n) is 1.61. The lowest BCUT2D eigenvalue weighted by Gasteiger charge is -2.31. The van der Waals surface area contributed by atoms with Crippen molar-refractivity contribution in [1.82, 2.24) is 5.32 Å². The van der Waals surface area contributed by atoms with Crippen molar-refractivity contribution in [3.8, 4) is 0 Å². The van der Waals surface area contributed by atoms with E-state index < -0.39 is 0 Å². The molecule has 2 N–H and O–H groups in total. The first-order valence-corrected chi connectivity index (χ1v) is 5.36. The second kappa shape index (κ2) is 5.88. The zero-order chi connectivity index (χ0) is 11.3. The van der Waals surface area contributed by atoms with Gasteiger partial charge in [0, 0.05) is 18.2 Å². The molecule has 1 saturated carbocycles. The molecule has 0 aromatic rings. The number of hydrogen-bond donors (Lipinski definition) is 2. The Bertz CT molecular complexity index is 244. The second-order valence-corrected chi connectivity index (χ2v) is 3.80. The summed E-state index contributed by atoms with van der Waals surface area (Å²) < 4.78 is 4.64. The molecule has 0 spiro atoms. The molecule has 0 aromatic heterocycles. The van der Waals surface area contributed by atoms with Gasteiger partial charge in [0.1, 0.15) is 0 Å². The predicted octanol–water partition coefficient (Wildman–Crippen LogP) is 0.609. The SMILES string of the molecule is CCC(=CCNC1CC(O)C1)C(=O)OC. The molecule has 0 heterocycles. The quantitative estimate of drug-likeness (QED) is 0.519. The molecular formula is C11H19NO3. The van der Waals surface area contributed by atoms with Gasteiger partial charge < -0.3 is 15.2 Å². The van der Waals surface area contributed by atoms with E-state index >= 15 is 0 Å². The lowest BCUT2D eigenvalue weighted by Crippen LogP contribution is -2.44. The van der Waals surface area contributed by atoms with E-state index in [1.165, 1.54) is 7.11 Å². The molecule has 1 aliphatic carbocycles. The monoisotopic (exact) mass is 213 g/mol. The first kappa shape index (κ1) is 12.2. The van der Waals surface area contributed by atoms with Crippen LogP contribution in [0.5, 0.6) is 0 Å². The van der Waals surface area contributed by atoms with Crippen LogP contribution in [0.3, 0.4) is 0 Å². The van der Waals surface area contributed by atoms with Crippen molar-refractivity contribution in [1.29, 1.82) is 0 Å². The normalized spacial score (nSPS) is 25.9. The lowest BCUT2D eigenvalue weighted by atomic mass is 9.89. The molecule has 0 atom stereocenters. The van der Waals surface area contributed by atoms with E-state index in [4.69, 9.17) is 5.11 Å². The topological polar surface area (TPSA) is 58.6 Å². The van der Waals surface area contributed by atoms with Gasteiger partial charge >= 0.3 is 5.97 Å². The van der Waals surface area contributed by atoms with E-state index in [0.717, 1.165) is 12.8 Å². The number of ether oxygens (including phenoxy) is 1. The highest BCUT2D eigenvalue weighted by Crippen LogP contribution is 2.18. The van der Waals surface area contributed by atoms with Crippen molar-refractivity contribution in [2.45, 2.75) is 38.3 Å². The maximum Gasteiger partial charge on any atom is 0.333 e. The van der Waals surface area contributed by atoms with E-state index in [-0.39, 0.29) is 12.1 Å². The Kier molecular flexibility index (Phi) is 4.78. The highest BCUT2D eigenvalue weighted by molar-refractivity contribution is 5.88. The molecule has 4 heteroatoms. The number of aliphatic hydroxyl groups is 1. The minimum atomic E-state index is -0.257. The highest BCUT2D eigenvalue weighted by atomic mass is 16.5. The van der Waals surface area contributed by atoms with E-state index in [1.807, 2.05) is 13.0 Å². The fourth-order valence-corrected chi connectivity index (χ4v) is 1.61. The Balaban J connectivity index is 2.25. The van der Waals surface area contributed by atoms with E-state index in [2.05, 4.69) is 10.1 Å². The molecular weight excluding hydrogens is 194 g/mol. The van der Waals surface area contributed by atoms with E-state index in [9.17, 15) is 4.79 Å². The molecule has 4 nitrogen and oxygen atoms in total. The van der Waals surface area contributed by atoms with Gasteiger partial charge in [0.2, 0.25) is 0 Å². The summed E-state index contributed by atoms with van der Waals surface area (Å²) in [5.74, 6) is -0.257. The van der Waals surface area contributed by atoms with Crippen LogP contribution in [0.1, 0.15) is 26.2 Å². The van der Waals surface area contributed by atoms with Gasteiger partial charge in [0.05, 0.1) is 13.2 Å². The van der Waals surface area contributed by atoms with E-state index in [0.29, 0.717) is 24.6 Å². The molecule has 1 aliphatic rings. The third-order valence-electron chi connectivity index (χ3n) is 2.70. The van der Waals surface area contributed by atoms with Crippen molar-refractivity contribution in [3.63, 3.8) is 0 Å². The van der Waals surface area contributed by atoms with Crippen molar-refractivity contribution < 1.29 is 14.6 Å². The number of methoxy groups -OCH3 is 1. The molecule has 86 valence electrons. The van der Waals surface area contributed by atoms with Crippen molar-refractivity contribution in [3.05, 3.63) is 11.6 Å². The number of hydrogen-bond acceptors (Lipinski definition) is 4. The number of carbonyl (C=O) groups excluding carboxylic acids is 1. The number of nitrogens with one attached hydrogen (secondary N) is 1. The Morgan fingerprint density at radius 3 is 2.73 bits per heavy atom. The average molecular weight is 213 g/mol. The largest absolute Gasteiger partial charge is 0.466 e. The van der Waals surface area contributed by atoms with Gasteiger partial charge in [-0.05, 0) is 19.3 Å². The molecule has 0 aliphatic heterocycles. The predicted molar refractivity (Wildman–Crippen MR) is 57.4 cm³/mol. The second-order valence-electron chi connectivity index (χ2n) is 3.80. The molecule has 1 fully saturated rings. The smallest absolute Gasteiger partial charge is 0.333 e. The van der Waals surface area contributed by atoms with Crippen LogP contribution in [-0.2, 0) is 9.53 Å². The van der Waals surface area contributed by atoms with Crippen LogP contribution in [0.4, 0.5) is 0 Å². The van der Waals surface area contributed by atoms with Crippen molar-refractivity contribution in [2.75, 3.05) is 13.7 Å². The van der Waals surface area contributed by atoms with Crippen LogP contribution in [0, 0.1) is 0 Å². The summed E-state index contributed by atoms with van der Waals surface area (Å²) in [7, 11) is 1.39. The molecule has 0 amide bonds. The Hall–Kier alpha value is -0.870. The fraction of sp³-hybridized carbons (Fsp3) is 0.727. The standard InChI is InChI=1S/C11H19NO3/c1-3-8(11(14)15-2)4-5-12-9-6-10(13)7-9/h4,9-10,12-13H,3,5-7H2,1-2H3. The molecule has 0 saturated heterocycles. The van der Waals surface area contributed by atoms with Crippen LogP contribution in [0.15, 0.2) is 11.6 Å². The summed E-state index contributed by atoms with van der Waals surface area (Å²) in [5.41, 5.74) is 0.699. The molecule has 0 unspecified atom stereocenters. The zero-order valence-electron chi connectivity index (χ0n) is 9.32. The zero-order valence-corrected chi connectivity index (χ0v) is 9.32. The summed E-state index contributed by atoms with van der Waals surface area (Å²) in [6, 6.07) is 0.395. The van der Waals surface area contributed by atoms with Gasteiger partial charge in [0.25, 0.3) is 0 Å².